The van der Waals surface area contributed by atoms with Crippen molar-refractivity contribution < 1.29 is 9.18 Å². The molecule has 0 fully saturated rings. The topological polar surface area (TPSA) is 17.1 Å². The van der Waals surface area contributed by atoms with Gasteiger partial charge in [0.1, 0.15) is 11.6 Å². The first-order valence-electron chi connectivity index (χ1n) is 4.25. The van der Waals surface area contributed by atoms with Gasteiger partial charge in [-0.05, 0) is 43.5 Å². The van der Waals surface area contributed by atoms with E-state index >= 15 is 0 Å². The van der Waals surface area contributed by atoms with Gasteiger partial charge in [0.05, 0.1) is 0 Å². The summed E-state index contributed by atoms with van der Waals surface area (Å²) >= 11 is 0. The molecule has 1 aromatic carbocycles. The van der Waals surface area contributed by atoms with Crippen LogP contribution in [0.4, 0.5) is 4.39 Å². The average molecular weight is 180 g/mol. The molecule has 0 atom stereocenters. The maximum atomic E-state index is 13.1. The van der Waals surface area contributed by atoms with Gasteiger partial charge in [-0.1, -0.05) is 6.07 Å². The molecule has 13 heavy (non-hydrogen) atoms. The summed E-state index contributed by atoms with van der Waals surface area (Å²) in [4.78, 5) is 10.8. The van der Waals surface area contributed by atoms with Crippen LogP contribution in [0, 0.1) is 19.7 Å². The summed E-state index contributed by atoms with van der Waals surface area (Å²) in [6, 6.07) is 3.22. The van der Waals surface area contributed by atoms with E-state index < -0.39 is 0 Å². The lowest BCUT2D eigenvalue weighted by molar-refractivity contribution is -0.116. The summed E-state index contributed by atoms with van der Waals surface area (Å²) in [7, 11) is 0. The van der Waals surface area contributed by atoms with E-state index in [4.69, 9.17) is 0 Å². The van der Waals surface area contributed by atoms with Crippen molar-refractivity contribution in [3.05, 3.63) is 34.6 Å². The van der Waals surface area contributed by atoms with Crippen LogP contribution >= 0.6 is 0 Å². The number of benzene rings is 1. The molecule has 0 aliphatic rings. The van der Waals surface area contributed by atoms with Gasteiger partial charge in [0, 0.05) is 6.42 Å². The number of carbonyl (C=O) groups is 1. The van der Waals surface area contributed by atoms with Crippen LogP contribution in [0.25, 0.3) is 0 Å². The predicted molar refractivity (Wildman–Crippen MR) is 50.3 cm³/mol. The van der Waals surface area contributed by atoms with Gasteiger partial charge in [0.25, 0.3) is 0 Å². The van der Waals surface area contributed by atoms with E-state index in [1.165, 1.54) is 13.0 Å². The van der Waals surface area contributed by atoms with Crippen LogP contribution in [0.1, 0.15) is 23.6 Å². The van der Waals surface area contributed by atoms with Crippen molar-refractivity contribution in [2.24, 2.45) is 0 Å². The quantitative estimate of drug-likeness (QED) is 0.683. The fourth-order valence-corrected chi connectivity index (χ4v) is 1.33. The zero-order valence-electron chi connectivity index (χ0n) is 8.15. The van der Waals surface area contributed by atoms with Gasteiger partial charge >= 0.3 is 0 Å². The fourth-order valence-electron chi connectivity index (χ4n) is 1.33. The highest BCUT2D eigenvalue weighted by Gasteiger charge is 2.05. The first-order chi connectivity index (χ1) is 6.00. The Hall–Kier alpha value is -1.18. The summed E-state index contributed by atoms with van der Waals surface area (Å²) in [5.41, 5.74) is 2.40. The Balaban J connectivity index is 3.08. The minimum absolute atomic E-state index is 0.0614. The second kappa shape index (κ2) is 3.69. The first-order valence-corrected chi connectivity index (χ1v) is 4.25. The summed E-state index contributed by atoms with van der Waals surface area (Å²) in [5.74, 6) is -0.173. The molecule has 0 N–H and O–H groups in total. The van der Waals surface area contributed by atoms with E-state index in [-0.39, 0.29) is 11.6 Å². The van der Waals surface area contributed by atoms with Gasteiger partial charge in [0.15, 0.2) is 0 Å². The molecule has 1 aromatic rings. The standard InChI is InChI=1S/C11H13FO/c1-7-4-8(2)11(12)6-10(7)5-9(3)13/h4,6H,5H2,1-3H3. The zero-order chi connectivity index (χ0) is 10.0. The molecule has 0 saturated carbocycles. The largest absolute Gasteiger partial charge is 0.300 e. The Morgan fingerprint density at radius 3 is 2.46 bits per heavy atom. The van der Waals surface area contributed by atoms with E-state index in [1.54, 1.807) is 13.0 Å². The third kappa shape index (κ3) is 2.38. The Morgan fingerprint density at radius 1 is 1.31 bits per heavy atom. The molecular weight excluding hydrogens is 167 g/mol. The summed E-state index contributed by atoms with van der Waals surface area (Å²) < 4.78 is 13.1. The molecule has 0 aromatic heterocycles. The van der Waals surface area contributed by atoms with Crippen LogP contribution in [0.15, 0.2) is 12.1 Å². The average Bonchev–Trinajstić information content (AvgIpc) is 1.99. The number of Topliss-reactive ketones (excluding diaryl/α,β-unsaturated/α-hetero) is 1. The maximum absolute atomic E-state index is 13.1. The Bertz CT molecular complexity index is 342. The Morgan fingerprint density at radius 2 is 1.92 bits per heavy atom. The molecule has 1 nitrogen and oxygen atoms in total. The second-order valence-electron chi connectivity index (χ2n) is 3.41. The number of carbonyl (C=O) groups excluding carboxylic acids is 1. The van der Waals surface area contributed by atoms with E-state index in [2.05, 4.69) is 0 Å². The molecule has 1 rings (SSSR count). The van der Waals surface area contributed by atoms with Gasteiger partial charge in [-0.25, -0.2) is 4.39 Å². The van der Waals surface area contributed by atoms with Crippen LogP contribution in [-0.2, 0) is 11.2 Å². The normalized spacial score (nSPS) is 10.2. The number of halogens is 1. The van der Waals surface area contributed by atoms with Gasteiger partial charge < -0.3 is 0 Å². The number of aryl methyl sites for hydroxylation is 2. The summed E-state index contributed by atoms with van der Waals surface area (Å²) in [6.45, 7) is 5.13. The molecule has 0 aliphatic heterocycles. The van der Waals surface area contributed by atoms with Crippen LogP contribution in [0.3, 0.4) is 0 Å². The van der Waals surface area contributed by atoms with E-state index in [1.807, 2.05) is 6.92 Å². The van der Waals surface area contributed by atoms with Crippen LogP contribution < -0.4 is 0 Å². The third-order valence-electron chi connectivity index (χ3n) is 2.06. The number of rotatable bonds is 2. The van der Waals surface area contributed by atoms with Gasteiger partial charge in [-0.15, -0.1) is 0 Å². The molecule has 0 radical (unpaired) electrons. The molecule has 0 heterocycles. The molecule has 2 heteroatoms. The van der Waals surface area contributed by atoms with Crippen molar-refractivity contribution in [1.29, 1.82) is 0 Å². The monoisotopic (exact) mass is 180 g/mol. The summed E-state index contributed by atoms with van der Waals surface area (Å²) in [6.07, 6.45) is 0.322. The lowest BCUT2D eigenvalue weighted by atomic mass is 10.0. The van der Waals surface area contributed by atoms with Gasteiger partial charge in [-0.3, -0.25) is 4.79 Å². The van der Waals surface area contributed by atoms with Crippen molar-refractivity contribution in [1.82, 2.24) is 0 Å². The Labute approximate surface area is 77.6 Å². The molecule has 70 valence electrons. The second-order valence-corrected chi connectivity index (χ2v) is 3.41. The number of hydrogen-bond donors (Lipinski definition) is 0. The van der Waals surface area contributed by atoms with Crippen LogP contribution in [0.5, 0.6) is 0 Å². The zero-order valence-corrected chi connectivity index (χ0v) is 8.15. The predicted octanol–water partition coefficient (Wildman–Crippen LogP) is 2.57. The molecule has 0 saturated heterocycles. The lowest BCUT2D eigenvalue weighted by Crippen LogP contribution is -2.00. The maximum Gasteiger partial charge on any atom is 0.134 e. The highest BCUT2D eigenvalue weighted by Crippen LogP contribution is 2.15. The number of hydrogen-bond acceptors (Lipinski definition) is 1. The highest BCUT2D eigenvalue weighted by molar-refractivity contribution is 5.78. The highest BCUT2D eigenvalue weighted by atomic mass is 19.1. The molecule has 0 bridgehead atoms. The van der Waals surface area contributed by atoms with Crippen LogP contribution in [-0.4, -0.2) is 5.78 Å². The Kier molecular flexibility index (Phi) is 2.81. The fraction of sp³-hybridized carbons (Fsp3) is 0.364. The van der Waals surface area contributed by atoms with Gasteiger partial charge in [0.2, 0.25) is 0 Å². The minimum atomic E-state index is -0.234. The summed E-state index contributed by atoms with van der Waals surface area (Å²) in [5, 5.41) is 0. The molecule has 0 unspecified atom stereocenters. The first kappa shape index (κ1) is 9.90. The molecule has 0 amide bonds. The number of ketones is 1. The smallest absolute Gasteiger partial charge is 0.134 e. The molecular formula is C11H13FO. The van der Waals surface area contributed by atoms with Crippen molar-refractivity contribution >= 4 is 5.78 Å². The third-order valence-corrected chi connectivity index (χ3v) is 2.06. The lowest BCUT2D eigenvalue weighted by Gasteiger charge is -2.05. The molecule has 0 spiro atoms. The van der Waals surface area contributed by atoms with E-state index in [0.29, 0.717) is 12.0 Å². The van der Waals surface area contributed by atoms with Crippen molar-refractivity contribution in [3.63, 3.8) is 0 Å². The van der Waals surface area contributed by atoms with Crippen LogP contribution in [0.2, 0.25) is 0 Å². The van der Waals surface area contributed by atoms with Crippen molar-refractivity contribution in [2.75, 3.05) is 0 Å². The minimum Gasteiger partial charge on any atom is -0.300 e. The SMILES string of the molecule is CC(=O)Cc1cc(F)c(C)cc1C. The van der Waals surface area contributed by atoms with Crippen molar-refractivity contribution in [2.45, 2.75) is 27.2 Å². The van der Waals surface area contributed by atoms with E-state index in [9.17, 15) is 9.18 Å². The van der Waals surface area contributed by atoms with E-state index in [0.717, 1.165) is 11.1 Å². The van der Waals surface area contributed by atoms with Crippen molar-refractivity contribution in [3.8, 4) is 0 Å². The van der Waals surface area contributed by atoms with Gasteiger partial charge in [-0.2, -0.15) is 0 Å². The molecule has 0 aliphatic carbocycles.